The Labute approximate surface area is 111 Å². The van der Waals surface area contributed by atoms with Crippen molar-refractivity contribution < 1.29 is 5.11 Å². The van der Waals surface area contributed by atoms with Crippen LogP contribution in [0.1, 0.15) is 17.2 Å². The van der Waals surface area contributed by atoms with Gasteiger partial charge in [0, 0.05) is 36.6 Å². The predicted octanol–water partition coefficient (Wildman–Crippen LogP) is 2.91. The summed E-state index contributed by atoms with van der Waals surface area (Å²) in [5, 5.41) is 12.5. The van der Waals surface area contributed by atoms with Crippen LogP contribution >= 0.6 is 0 Å². The largest absolute Gasteiger partial charge is 0.388 e. The summed E-state index contributed by atoms with van der Waals surface area (Å²) in [6.07, 6.45) is 7.10. The highest BCUT2D eigenvalue weighted by molar-refractivity contribution is 5.85. The van der Waals surface area contributed by atoms with E-state index in [9.17, 15) is 5.11 Å². The lowest BCUT2D eigenvalue weighted by atomic mass is 9.98. The highest BCUT2D eigenvalue weighted by atomic mass is 16.3. The van der Waals surface area contributed by atoms with E-state index in [0.717, 1.165) is 21.9 Å². The van der Waals surface area contributed by atoms with E-state index >= 15 is 0 Å². The number of aromatic nitrogens is 2. The monoisotopic (exact) mass is 250 g/mol. The molecule has 1 aromatic carbocycles. The molecular formula is C16H14N2O. The zero-order valence-electron chi connectivity index (χ0n) is 10.4. The molecule has 0 bridgehead atoms. The van der Waals surface area contributed by atoms with Gasteiger partial charge in [0.05, 0.1) is 6.10 Å². The van der Waals surface area contributed by atoms with Crippen LogP contribution in [-0.4, -0.2) is 15.1 Å². The Hall–Kier alpha value is -2.26. The molecule has 94 valence electrons. The van der Waals surface area contributed by atoms with Crippen molar-refractivity contribution in [2.45, 2.75) is 12.5 Å². The molecule has 0 aliphatic heterocycles. The Morgan fingerprint density at radius 3 is 2.58 bits per heavy atom. The molecule has 19 heavy (non-hydrogen) atoms. The third-order valence-corrected chi connectivity index (χ3v) is 3.25. The van der Waals surface area contributed by atoms with Gasteiger partial charge in [-0.1, -0.05) is 18.2 Å². The van der Waals surface area contributed by atoms with Gasteiger partial charge in [-0.05, 0) is 34.7 Å². The fourth-order valence-corrected chi connectivity index (χ4v) is 2.28. The van der Waals surface area contributed by atoms with Crippen molar-refractivity contribution in [3.63, 3.8) is 0 Å². The molecule has 3 nitrogen and oxygen atoms in total. The van der Waals surface area contributed by atoms with Crippen LogP contribution in [0, 0.1) is 0 Å². The van der Waals surface area contributed by atoms with Gasteiger partial charge in [-0.15, -0.1) is 0 Å². The highest BCUT2D eigenvalue weighted by Crippen LogP contribution is 2.25. The molecule has 0 radical (unpaired) electrons. The van der Waals surface area contributed by atoms with Crippen LogP contribution in [0.5, 0.6) is 0 Å². The fourth-order valence-electron chi connectivity index (χ4n) is 2.28. The SMILES string of the molecule is OC(Cc1ccncc1)c1cccc2ccncc12. The summed E-state index contributed by atoms with van der Waals surface area (Å²) >= 11 is 0. The second-order valence-electron chi connectivity index (χ2n) is 4.52. The topological polar surface area (TPSA) is 46.0 Å². The van der Waals surface area contributed by atoms with Crippen LogP contribution in [0.4, 0.5) is 0 Å². The zero-order valence-corrected chi connectivity index (χ0v) is 10.4. The standard InChI is InChI=1S/C16H14N2O/c19-16(10-12-4-7-17-8-5-12)14-3-1-2-13-6-9-18-11-15(13)14/h1-9,11,16,19H,10H2. The van der Waals surface area contributed by atoms with Gasteiger partial charge in [-0.2, -0.15) is 0 Å². The van der Waals surface area contributed by atoms with Gasteiger partial charge in [-0.25, -0.2) is 0 Å². The maximum atomic E-state index is 10.4. The van der Waals surface area contributed by atoms with E-state index in [1.807, 2.05) is 36.4 Å². The Kier molecular flexibility index (Phi) is 3.21. The lowest BCUT2D eigenvalue weighted by Gasteiger charge is -2.13. The molecule has 1 unspecified atom stereocenters. The molecule has 3 heteroatoms. The van der Waals surface area contributed by atoms with Gasteiger partial charge in [0.1, 0.15) is 0 Å². The second-order valence-corrected chi connectivity index (χ2v) is 4.52. The third-order valence-electron chi connectivity index (χ3n) is 3.25. The first kappa shape index (κ1) is 11.8. The van der Waals surface area contributed by atoms with Crippen LogP contribution in [0.3, 0.4) is 0 Å². The maximum Gasteiger partial charge on any atom is 0.0836 e. The smallest absolute Gasteiger partial charge is 0.0836 e. The number of pyridine rings is 2. The summed E-state index contributed by atoms with van der Waals surface area (Å²) in [6, 6.07) is 11.8. The maximum absolute atomic E-state index is 10.4. The summed E-state index contributed by atoms with van der Waals surface area (Å²) in [4.78, 5) is 8.13. The molecular weight excluding hydrogens is 236 g/mol. The number of nitrogens with zero attached hydrogens (tertiary/aromatic N) is 2. The first-order chi connectivity index (χ1) is 9.34. The first-order valence-electron chi connectivity index (χ1n) is 6.24. The zero-order chi connectivity index (χ0) is 13.1. The molecule has 1 atom stereocenters. The van der Waals surface area contributed by atoms with Gasteiger partial charge >= 0.3 is 0 Å². The van der Waals surface area contributed by atoms with Crippen molar-refractivity contribution in [1.82, 2.24) is 9.97 Å². The molecule has 0 saturated carbocycles. The molecule has 0 aliphatic carbocycles. The molecule has 0 fully saturated rings. The number of hydrogen-bond acceptors (Lipinski definition) is 3. The number of rotatable bonds is 3. The van der Waals surface area contributed by atoms with E-state index in [1.54, 1.807) is 24.8 Å². The van der Waals surface area contributed by atoms with Crippen molar-refractivity contribution in [2.75, 3.05) is 0 Å². The normalized spacial score (nSPS) is 12.5. The molecule has 0 amide bonds. The number of benzene rings is 1. The summed E-state index contributed by atoms with van der Waals surface area (Å²) in [7, 11) is 0. The molecule has 3 aromatic rings. The van der Waals surface area contributed by atoms with Gasteiger partial charge in [-0.3, -0.25) is 9.97 Å². The Morgan fingerprint density at radius 1 is 0.947 bits per heavy atom. The fraction of sp³-hybridized carbons (Fsp3) is 0.125. The molecule has 3 rings (SSSR count). The summed E-state index contributed by atoms with van der Waals surface area (Å²) in [5.41, 5.74) is 1.99. The van der Waals surface area contributed by atoms with Gasteiger partial charge in [0.2, 0.25) is 0 Å². The number of fused-ring (bicyclic) bond motifs is 1. The number of hydrogen-bond donors (Lipinski definition) is 1. The van der Waals surface area contributed by atoms with Crippen molar-refractivity contribution in [2.24, 2.45) is 0 Å². The minimum Gasteiger partial charge on any atom is -0.388 e. The molecule has 0 spiro atoms. The van der Waals surface area contributed by atoms with E-state index in [2.05, 4.69) is 9.97 Å². The molecule has 1 N–H and O–H groups in total. The van der Waals surface area contributed by atoms with E-state index < -0.39 is 6.10 Å². The van der Waals surface area contributed by atoms with Crippen molar-refractivity contribution in [3.8, 4) is 0 Å². The number of aliphatic hydroxyl groups is 1. The molecule has 2 heterocycles. The van der Waals surface area contributed by atoms with Crippen molar-refractivity contribution >= 4 is 10.8 Å². The molecule has 0 saturated heterocycles. The Balaban J connectivity index is 1.96. The Morgan fingerprint density at radius 2 is 1.74 bits per heavy atom. The third kappa shape index (κ3) is 2.46. The van der Waals surface area contributed by atoms with Gasteiger partial charge < -0.3 is 5.11 Å². The van der Waals surface area contributed by atoms with Crippen LogP contribution < -0.4 is 0 Å². The average molecular weight is 250 g/mol. The quantitative estimate of drug-likeness (QED) is 0.777. The van der Waals surface area contributed by atoms with Crippen LogP contribution in [0.25, 0.3) is 10.8 Å². The minimum atomic E-state index is -0.532. The van der Waals surface area contributed by atoms with Crippen molar-refractivity contribution in [1.29, 1.82) is 0 Å². The van der Waals surface area contributed by atoms with Gasteiger partial charge in [0.15, 0.2) is 0 Å². The van der Waals surface area contributed by atoms with E-state index in [1.165, 1.54) is 0 Å². The molecule has 0 aliphatic rings. The van der Waals surface area contributed by atoms with Crippen molar-refractivity contribution in [3.05, 3.63) is 72.3 Å². The Bertz CT molecular complexity index is 677. The summed E-state index contributed by atoms with van der Waals surface area (Å²) in [6.45, 7) is 0. The number of aliphatic hydroxyl groups excluding tert-OH is 1. The van der Waals surface area contributed by atoms with E-state index in [0.29, 0.717) is 6.42 Å². The summed E-state index contributed by atoms with van der Waals surface area (Å²) < 4.78 is 0. The predicted molar refractivity (Wildman–Crippen MR) is 74.6 cm³/mol. The van der Waals surface area contributed by atoms with Crippen LogP contribution in [0.15, 0.2) is 61.2 Å². The minimum absolute atomic E-state index is 0.532. The lowest BCUT2D eigenvalue weighted by Crippen LogP contribution is -2.02. The first-order valence-corrected chi connectivity index (χ1v) is 6.24. The van der Waals surface area contributed by atoms with E-state index in [-0.39, 0.29) is 0 Å². The molecule has 2 aromatic heterocycles. The highest BCUT2D eigenvalue weighted by Gasteiger charge is 2.11. The summed E-state index contributed by atoms with van der Waals surface area (Å²) in [5.74, 6) is 0. The van der Waals surface area contributed by atoms with E-state index in [4.69, 9.17) is 0 Å². The second kappa shape index (κ2) is 5.16. The van der Waals surface area contributed by atoms with Crippen LogP contribution in [-0.2, 0) is 6.42 Å². The van der Waals surface area contributed by atoms with Crippen LogP contribution in [0.2, 0.25) is 0 Å². The lowest BCUT2D eigenvalue weighted by molar-refractivity contribution is 0.180. The van der Waals surface area contributed by atoms with Gasteiger partial charge in [0.25, 0.3) is 0 Å². The average Bonchev–Trinajstić information content (AvgIpc) is 2.47.